The van der Waals surface area contributed by atoms with Crippen molar-refractivity contribution in [3.05, 3.63) is 63.6 Å². The molecule has 1 aliphatic carbocycles. The number of hydrogen-bond donors (Lipinski definition) is 1. The van der Waals surface area contributed by atoms with E-state index in [4.69, 9.17) is 49.4 Å². The first kappa shape index (κ1) is 32.9. The number of aromatic nitrogens is 6. The summed E-state index contributed by atoms with van der Waals surface area (Å²) in [6, 6.07) is 4.69. The maximum Gasteiger partial charge on any atom is 0.434 e. The second-order valence-electron chi connectivity index (χ2n) is 10.3. The number of rotatable bonds is 12. The minimum atomic E-state index is -4.77. The second-order valence-corrected chi connectivity index (χ2v) is 11.5. The number of anilines is 1. The van der Waals surface area contributed by atoms with Gasteiger partial charge in [-0.05, 0) is 53.4 Å². The van der Waals surface area contributed by atoms with Crippen molar-refractivity contribution in [2.24, 2.45) is 0 Å². The van der Waals surface area contributed by atoms with Gasteiger partial charge in [0.1, 0.15) is 35.1 Å². The molecule has 6 radical (unpaired) electrons. The van der Waals surface area contributed by atoms with Gasteiger partial charge in [0.25, 0.3) is 0 Å². The van der Waals surface area contributed by atoms with E-state index in [2.05, 4.69) is 46.2 Å². The smallest absolute Gasteiger partial charge is 0.434 e. The SMILES string of the molecule is [B]C([B])([B])n1cc(C(F)(F)F)nc1-c1ccc(CNc2nc(Cl)ncc2OC)c(OC(C)COc2ncnc(C3CC3)c2Br)c1. The Hall–Kier alpha value is -3.46. The first-order valence-corrected chi connectivity index (χ1v) is 14.7. The average Bonchev–Trinajstić information content (AvgIpc) is 3.70. The van der Waals surface area contributed by atoms with Crippen LogP contribution in [0.1, 0.15) is 42.6 Å². The first-order valence-electron chi connectivity index (χ1n) is 13.5. The molecule has 1 aromatic carbocycles. The fraction of sp³-hybridized carbons (Fsp3) is 0.370. The predicted molar refractivity (Wildman–Crippen MR) is 166 cm³/mol. The normalized spacial score (nSPS) is 14.2. The molecule has 1 unspecified atom stereocenters. The van der Waals surface area contributed by atoms with E-state index < -0.39 is 23.2 Å². The number of nitrogens with one attached hydrogen (secondary N) is 1. The Morgan fingerprint density at radius 3 is 2.56 bits per heavy atom. The predicted octanol–water partition coefficient (Wildman–Crippen LogP) is 4.98. The number of ether oxygens (including phenoxy) is 3. The molecule has 1 atom stereocenters. The van der Waals surface area contributed by atoms with E-state index in [9.17, 15) is 13.2 Å². The van der Waals surface area contributed by atoms with Crippen LogP contribution in [-0.2, 0) is 18.0 Å². The summed E-state index contributed by atoms with van der Waals surface area (Å²) in [6.45, 7) is 1.99. The number of alkyl halides is 3. The third-order valence-electron chi connectivity index (χ3n) is 6.66. The number of nitrogens with zero attached hydrogens (tertiary/aromatic N) is 6. The number of benzene rings is 1. The summed E-state index contributed by atoms with van der Waals surface area (Å²) in [6.07, 6.45) is 0.290. The first-order chi connectivity index (χ1) is 21.2. The monoisotopic (exact) mass is 697 g/mol. The van der Waals surface area contributed by atoms with Crippen molar-refractivity contribution < 1.29 is 27.4 Å². The maximum absolute atomic E-state index is 13.6. The summed E-state index contributed by atoms with van der Waals surface area (Å²) in [5.74, 6) is 1.47. The van der Waals surface area contributed by atoms with E-state index in [0.29, 0.717) is 39.6 Å². The minimum absolute atomic E-state index is 0.00207. The Bertz CT molecular complexity index is 1690. The molecule has 0 spiro atoms. The summed E-state index contributed by atoms with van der Waals surface area (Å²) in [4.78, 5) is 20.4. The van der Waals surface area contributed by atoms with Crippen molar-refractivity contribution in [2.75, 3.05) is 19.0 Å². The number of imidazole rings is 1. The fourth-order valence-electron chi connectivity index (χ4n) is 4.32. The highest BCUT2D eigenvalue weighted by Crippen LogP contribution is 2.44. The van der Waals surface area contributed by atoms with Crippen LogP contribution in [0.2, 0.25) is 5.28 Å². The molecule has 3 aromatic heterocycles. The highest BCUT2D eigenvalue weighted by atomic mass is 79.9. The molecule has 228 valence electrons. The Kier molecular flexibility index (Phi) is 9.59. The van der Waals surface area contributed by atoms with Crippen LogP contribution in [0.5, 0.6) is 17.4 Å². The zero-order chi connectivity index (χ0) is 32.5. The molecule has 10 nitrogen and oxygen atoms in total. The molecular formula is C27H23B3BrClF3N7O3. The molecule has 0 saturated heterocycles. The van der Waals surface area contributed by atoms with Gasteiger partial charge in [-0.3, -0.25) is 0 Å². The quantitative estimate of drug-likeness (QED) is 0.162. The van der Waals surface area contributed by atoms with E-state index >= 15 is 0 Å². The van der Waals surface area contributed by atoms with Crippen molar-refractivity contribution >= 4 is 56.9 Å². The van der Waals surface area contributed by atoms with Gasteiger partial charge in [-0.25, -0.2) is 19.9 Å². The Labute approximate surface area is 274 Å². The van der Waals surface area contributed by atoms with Gasteiger partial charge < -0.3 is 24.1 Å². The van der Waals surface area contributed by atoms with E-state index in [0.717, 1.165) is 23.1 Å². The van der Waals surface area contributed by atoms with Gasteiger partial charge in [0.15, 0.2) is 17.3 Å². The lowest BCUT2D eigenvalue weighted by atomic mass is 9.49. The molecule has 45 heavy (non-hydrogen) atoms. The number of methoxy groups -OCH3 is 1. The van der Waals surface area contributed by atoms with Crippen molar-refractivity contribution in [3.63, 3.8) is 0 Å². The van der Waals surface area contributed by atoms with E-state index in [1.807, 2.05) is 0 Å². The van der Waals surface area contributed by atoms with E-state index in [-0.39, 0.29) is 35.6 Å². The topological polar surface area (TPSA) is 109 Å². The standard InChI is InChI=1S/C27H23B3BrClF3N7O3/c1-13(11-44-24-20(31)21(14-3-4-14)38-12-39-24)45-17-7-15(23-40-19(26(33,34)35)10-42(23)27(28,29)30)5-6-16(17)8-36-22-18(43-2)9-37-25(32)41-22/h5-7,9-10,12-14H,3-4,8,11H2,1-2H3,(H,36,37,41). The van der Waals surface area contributed by atoms with Crippen molar-refractivity contribution in [2.45, 2.75) is 49.7 Å². The molecule has 0 aliphatic heterocycles. The van der Waals surface area contributed by atoms with Crippen LogP contribution in [0.3, 0.4) is 0 Å². The summed E-state index contributed by atoms with van der Waals surface area (Å²) in [5.41, 5.74) is 0.472. The lowest BCUT2D eigenvalue weighted by molar-refractivity contribution is -0.140. The van der Waals surface area contributed by atoms with Crippen LogP contribution in [-0.4, -0.2) is 72.8 Å². The summed E-state index contributed by atoms with van der Waals surface area (Å²) in [7, 11) is 18.8. The zero-order valence-electron chi connectivity index (χ0n) is 24.0. The van der Waals surface area contributed by atoms with E-state index in [1.54, 1.807) is 13.0 Å². The maximum atomic E-state index is 13.6. The molecule has 5 rings (SSSR count). The van der Waals surface area contributed by atoms with Gasteiger partial charge in [-0.15, -0.1) is 0 Å². The molecule has 1 saturated carbocycles. The highest BCUT2D eigenvalue weighted by molar-refractivity contribution is 9.10. The lowest BCUT2D eigenvalue weighted by Gasteiger charge is -2.25. The summed E-state index contributed by atoms with van der Waals surface area (Å²) >= 11 is 9.50. The molecule has 0 bridgehead atoms. The average molecular weight is 698 g/mol. The lowest BCUT2D eigenvalue weighted by Crippen LogP contribution is -2.35. The molecule has 0 amide bonds. The van der Waals surface area contributed by atoms with Crippen LogP contribution in [0.4, 0.5) is 19.0 Å². The van der Waals surface area contributed by atoms with Gasteiger partial charge in [0.2, 0.25) is 11.2 Å². The van der Waals surface area contributed by atoms with Crippen molar-refractivity contribution in [1.82, 2.24) is 29.5 Å². The molecule has 1 N–H and O–H groups in total. The Morgan fingerprint density at radius 2 is 1.89 bits per heavy atom. The van der Waals surface area contributed by atoms with Gasteiger partial charge in [0.05, 0.1) is 42.5 Å². The molecule has 18 heteroatoms. The van der Waals surface area contributed by atoms with Gasteiger partial charge in [-0.1, -0.05) is 17.4 Å². The molecule has 1 fully saturated rings. The number of hydrogen-bond acceptors (Lipinski definition) is 9. The van der Waals surface area contributed by atoms with Gasteiger partial charge in [0, 0.05) is 29.8 Å². The molecule has 3 heterocycles. The highest BCUT2D eigenvalue weighted by Gasteiger charge is 2.36. The molecular weight excluding hydrogens is 675 g/mol. The Morgan fingerprint density at radius 1 is 1.13 bits per heavy atom. The zero-order valence-corrected chi connectivity index (χ0v) is 26.3. The van der Waals surface area contributed by atoms with Gasteiger partial charge >= 0.3 is 6.18 Å². The van der Waals surface area contributed by atoms with Crippen LogP contribution < -0.4 is 19.5 Å². The second kappa shape index (κ2) is 13.1. The molecule has 4 aromatic rings. The van der Waals surface area contributed by atoms with Crippen LogP contribution in [0, 0.1) is 0 Å². The molecule has 1 aliphatic rings. The Balaban J connectivity index is 1.45. The summed E-state index contributed by atoms with van der Waals surface area (Å²) in [5, 5.41) is 0.936. The third-order valence-corrected chi connectivity index (χ3v) is 7.59. The van der Waals surface area contributed by atoms with Crippen LogP contribution in [0.25, 0.3) is 11.4 Å². The summed E-state index contributed by atoms with van der Waals surface area (Å²) < 4.78 is 59.8. The third kappa shape index (κ3) is 7.86. The van der Waals surface area contributed by atoms with Crippen LogP contribution >= 0.6 is 27.5 Å². The largest absolute Gasteiger partial charge is 0.491 e. The fourth-order valence-corrected chi connectivity index (χ4v) is 5.10. The number of halogens is 5. The minimum Gasteiger partial charge on any atom is -0.491 e. The van der Waals surface area contributed by atoms with Crippen molar-refractivity contribution in [1.29, 1.82) is 0 Å². The van der Waals surface area contributed by atoms with E-state index in [1.165, 1.54) is 31.8 Å². The van der Waals surface area contributed by atoms with Crippen LogP contribution in [0.15, 0.2) is 41.4 Å². The van der Waals surface area contributed by atoms with Gasteiger partial charge in [-0.2, -0.15) is 18.2 Å². The van der Waals surface area contributed by atoms with Crippen molar-refractivity contribution in [3.8, 4) is 28.8 Å².